The normalized spacial score (nSPS) is 12.6. The number of rotatable bonds is 6. The highest BCUT2D eigenvalue weighted by Gasteiger charge is 2.17. The van der Waals surface area contributed by atoms with E-state index in [9.17, 15) is 0 Å². The highest BCUT2D eigenvalue weighted by molar-refractivity contribution is 5.24. The summed E-state index contributed by atoms with van der Waals surface area (Å²) in [6.45, 7) is 9.87. The number of nitrogens with one attached hydrogen (secondary N) is 1. The van der Waals surface area contributed by atoms with E-state index in [-0.39, 0.29) is 6.04 Å². The zero-order valence-electron chi connectivity index (χ0n) is 12.6. The molecule has 2 aromatic heterocycles. The molecule has 0 amide bonds. The molecule has 0 aromatic carbocycles. The summed E-state index contributed by atoms with van der Waals surface area (Å²) >= 11 is 0. The summed E-state index contributed by atoms with van der Waals surface area (Å²) < 4.78 is 1.93. The molecule has 0 saturated carbocycles. The van der Waals surface area contributed by atoms with Crippen LogP contribution < -0.4 is 5.32 Å². The molecule has 0 bridgehead atoms. The predicted octanol–water partition coefficient (Wildman–Crippen LogP) is 1.60. The van der Waals surface area contributed by atoms with Crippen molar-refractivity contribution in [1.29, 1.82) is 0 Å². The van der Waals surface area contributed by atoms with Gasteiger partial charge in [-0.15, -0.1) is 0 Å². The number of nitrogens with zero attached hydrogens (tertiary/aromatic N) is 5. The van der Waals surface area contributed by atoms with Crippen molar-refractivity contribution < 1.29 is 0 Å². The van der Waals surface area contributed by atoms with E-state index in [0.29, 0.717) is 0 Å². The van der Waals surface area contributed by atoms with Gasteiger partial charge in [0.25, 0.3) is 0 Å². The quantitative estimate of drug-likeness (QED) is 0.866. The third-order valence-electron chi connectivity index (χ3n) is 3.35. The molecule has 108 valence electrons. The Morgan fingerprint density at radius 3 is 2.75 bits per heavy atom. The zero-order chi connectivity index (χ0) is 14.5. The van der Waals surface area contributed by atoms with Crippen LogP contribution in [0.3, 0.4) is 0 Å². The number of hydrogen-bond donors (Lipinski definition) is 1. The van der Waals surface area contributed by atoms with Crippen LogP contribution in [-0.4, -0.2) is 31.5 Å². The topological polar surface area (TPSA) is 68.5 Å². The van der Waals surface area contributed by atoms with Crippen LogP contribution in [-0.2, 0) is 13.0 Å². The van der Waals surface area contributed by atoms with Crippen LogP contribution in [0.4, 0.5) is 0 Å². The van der Waals surface area contributed by atoms with E-state index >= 15 is 0 Å². The molecule has 0 fully saturated rings. The molecule has 1 N–H and O–H groups in total. The van der Waals surface area contributed by atoms with Crippen LogP contribution in [0.1, 0.15) is 42.7 Å². The van der Waals surface area contributed by atoms with Crippen LogP contribution in [0, 0.1) is 13.8 Å². The first-order chi connectivity index (χ1) is 9.65. The van der Waals surface area contributed by atoms with Crippen LogP contribution in [0.2, 0.25) is 0 Å². The Kier molecular flexibility index (Phi) is 4.79. The first kappa shape index (κ1) is 14.6. The molecular formula is C14H22N6. The Morgan fingerprint density at radius 1 is 1.25 bits per heavy atom. The van der Waals surface area contributed by atoms with E-state index in [4.69, 9.17) is 0 Å². The number of aromatic nitrogens is 5. The lowest BCUT2D eigenvalue weighted by Gasteiger charge is -2.19. The molecule has 2 aromatic rings. The largest absolute Gasteiger partial charge is 0.310 e. The highest BCUT2D eigenvalue weighted by atomic mass is 15.3. The van der Waals surface area contributed by atoms with Gasteiger partial charge in [-0.1, -0.05) is 6.92 Å². The number of likely N-dealkylation sites (N-methyl/N-ethyl adjacent to an activating group) is 1. The predicted molar refractivity (Wildman–Crippen MR) is 77.3 cm³/mol. The standard InChI is InChI=1S/C14H22N6/c1-5-15-13(8-14-16-9-17-20(14)6-2)12-7-10(3)18-19-11(12)4/h7,9,13,15H,5-6,8H2,1-4H3. The van der Waals surface area contributed by atoms with Crippen molar-refractivity contribution in [1.82, 2.24) is 30.3 Å². The molecule has 6 nitrogen and oxygen atoms in total. The maximum absolute atomic E-state index is 4.36. The molecule has 0 aliphatic carbocycles. The smallest absolute Gasteiger partial charge is 0.138 e. The van der Waals surface area contributed by atoms with Crippen LogP contribution >= 0.6 is 0 Å². The number of hydrogen-bond acceptors (Lipinski definition) is 5. The molecule has 0 spiro atoms. The summed E-state index contributed by atoms with van der Waals surface area (Å²) in [5, 5.41) is 16.1. The van der Waals surface area contributed by atoms with Crippen molar-refractivity contribution in [2.45, 2.75) is 46.7 Å². The average molecular weight is 274 g/mol. The van der Waals surface area contributed by atoms with E-state index in [1.165, 1.54) is 5.56 Å². The fourth-order valence-electron chi connectivity index (χ4n) is 2.35. The molecule has 20 heavy (non-hydrogen) atoms. The lowest BCUT2D eigenvalue weighted by atomic mass is 10.0. The zero-order valence-corrected chi connectivity index (χ0v) is 12.6. The molecule has 6 heteroatoms. The van der Waals surface area contributed by atoms with Crippen LogP contribution in [0.15, 0.2) is 12.4 Å². The molecule has 2 rings (SSSR count). The molecule has 1 unspecified atom stereocenters. The van der Waals surface area contributed by atoms with E-state index in [1.54, 1.807) is 6.33 Å². The summed E-state index contributed by atoms with van der Waals surface area (Å²) in [6.07, 6.45) is 2.42. The lowest BCUT2D eigenvalue weighted by Crippen LogP contribution is -2.26. The summed E-state index contributed by atoms with van der Waals surface area (Å²) in [5.74, 6) is 0.993. The van der Waals surface area contributed by atoms with Crippen LogP contribution in [0.25, 0.3) is 0 Å². The average Bonchev–Trinajstić information content (AvgIpc) is 2.88. The van der Waals surface area contributed by atoms with Gasteiger partial charge in [-0.05, 0) is 38.9 Å². The maximum atomic E-state index is 4.36. The van der Waals surface area contributed by atoms with Gasteiger partial charge in [0.2, 0.25) is 0 Å². The van der Waals surface area contributed by atoms with Gasteiger partial charge in [0, 0.05) is 19.0 Å². The molecule has 0 saturated heterocycles. The lowest BCUT2D eigenvalue weighted by molar-refractivity contribution is 0.505. The SMILES string of the molecule is CCNC(Cc1ncnn1CC)c1cc(C)nnc1C. The maximum Gasteiger partial charge on any atom is 0.138 e. The van der Waals surface area contributed by atoms with Gasteiger partial charge in [0.05, 0.1) is 11.4 Å². The molecule has 0 aliphatic heterocycles. The molecule has 0 radical (unpaired) electrons. The van der Waals surface area contributed by atoms with Crippen molar-refractivity contribution in [3.63, 3.8) is 0 Å². The summed E-state index contributed by atoms with van der Waals surface area (Å²) in [6, 6.07) is 2.28. The Bertz CT molecular complexity index is 563. The molecular weight excluding hydrogens is 252 g/mol. The molecule has 2 heterocycles. The summed E-state index contributed by atoms with van der Waals surface area (Å²) in [4.78, 5) is 4.36. The second-order valence-corrected chi connectivity index (χ2v) is 4.83. The van der Waals surface area contributed by atoms with Gasteiger partial charge in [-0.25, -0.2) is 4.98 Å². The Hall–Kier alpha value is -1.82. The minimum absolute atomic E-state index is 0.184. The third-order valence-corrected chi connectivity index (χ3v) is 3.35. The van der Waals surface area contributed by atoms with Gasteiger partial charge in [0.1, 0.15) is 12.2 Å². The van der Waals surface area contributed by atoms with E-state index < -0.39 is 0 Å². The first-order valence-corrected chi connectivity index (χ1v) is 7.06. The van der Waals surface area contributed by atoms with Crippen molar-refractivity contribution in [3.05, 3.63) is 35.2 Å². The van der Waals surface area contributed by atoms with Gasteiger partial charge < -0.3 is 5.32 Å². The van der Waals surface area contributed by atoms with E-state index in [1.807, 2.05) is 18.5 Å². The van der Waals surface area contributed by atoms with Crippen molar-refractivity contribution in [2.75, 3.05) is 6.54 Å². The van der Waals surface area contributed by atoms with Gasteiger partial charge in [-0.3, -0.25) is 4.68 Å². The van der Waals surface area contributed by atoms with Crippen molar-refractivity contribution in [2.24, 2.45) is 0 Å². The monoisotopic (exact) mass is 274 g/mol. The summed E-state index contributed by atoms with van der Waals surface area (Å²) in [5.41, 5.74) is 3.08. The van der Waals surface area contributed by atoms with Gasteiger partial charge in [0.15, 0.2) is 0 Å². The third kappa shape index (κ3) is 3.19. The Morgan fingerprint density at radius 2 is 2.05 bits per heavy atom. The minimum atomic E-state index is 0.184. The highest BCUT2D eigenvalue weighted by Crippen LogP contribution is 2.20. The van der Waals surface area contributed by atoms with Crippen molar-refractivity contribution >= 4 is 0 Å². The fourth-order valence-corrected chi connectivity index (χ4v) is 2.35. The second-order valence-electron chi connectivity index (χ2n) is 4.83. The Labute approximate surface area is 119 Å². The number of aryl methyl sites for hydroxylation is 3. The van der Waals surface area contributed by atoms with Crippen molar-refractivity contribution in [3.8, 4) is 0 Å². The Balaban J connectivity index is 2.29. The summed E-state index contributed by atoms with van der Waals surface area (Å²) in [7, 11) is 0. The van der Waals surface area contributed by atoms with E-state index in [2.05, 4.69) is 45.5 Å². The first-order valence-electron chi connectivity index (χ1n) is 7.06. The van der Waals surface area contributed by atoms with E-state index in [0.717, 1.165) is 36.7 Å². The van der Waals surface area contributed by atoms with Gasteiger partial charge in [-0.2, -0.15) is 15.3 Å². The second kappa shape index (κ2) is 6.56. The minimum Gasteiger partial charge on any atom is -0.310 e. The molecule has 0 aliphatic rings. The molecule has 1 atom stereocenters. The fraction of sp³-hybridized carbons (Fsp3) is 0.571. The van der Waals surface area contributed by atoms with Crippen LogP contribution in [0.5, 0.6) is 0 Å². The van der Waals surface area contributed by atoms with Gasteiger partial charge >= 0.3 is 0 Å².